The number of hydrogen-bond acceptors (Lipinski definition) is 5. The Morgan fingerprint density at radius 2 is 1.69 bits per heavy atom. The molecule has 172 valence electrons. The quantitative estimate of drug-likeness (QED) is 0.336. The zero-order valence-electron chi connectivity index (χ0n) is 19.8. The van der Waals surface area contributed by atoms with E-state index in [1.165, 1.54) is 22.1 Å². The van der Waals surface area contributed by atoms with Crippen LogP contribution in [0.1, 0.15) is 22.4 Å². The van der Waals surface area contributed by atoms with Crippen LogP contribution in [0.2, 0.25) is 0 Å². The van der Waals surface area contributed by atoms with Crippen LogP contribution in [0.25, 0.3) is 22.0 Å². The van der Waals surface area contributed by atoms with Gasteiger partial charge in [0.2, 0.25) is 0 Å². The number of rotatable bonds is 5. The van der Waals surface area contributed by atoms with Crippen molar-refractivity contribution in [3.8, 4) is 11.3 Å². The van der Waals surface area contributed by atoms with Crippen LogP contribution in [0.15, 0.2) is 91.4 Å². The maximum atomic E-state index is 4.74. The fourth-order valence-electron chi connectivity index (χ4n) is 4.84. The molecule has 0 unspecified atom stereocenters. The van der Waals surface area contributed by atoms with Crippen molar-refractivity contribution in [1.29, 1.82) is 0 Å². The molecule has 6 rings (SSSR count). The van der Waals surface area contributed by atoms with Crippen molar-refractivity contribution in [3.63, 3.8) is 0 Å². The largest absolute Gasteiger partial charge is 0.340 e. The van der Waals surface area contributed by atoms with Crippen molar-refractivity contribution in [3.05, 3.63) is 114 Å². The van der Waals surface area contributed by atoms with Gasteiger partial charge in [-0.1, -0.05) is 60.7 Å². The lowest BCUT2D eigenvalue weighted by molar-refractivity contribution is 0.241. The summed E-state index contributed by atoms with van der Waals surface area (Å²) in [7, 11) is 0. The first kappa shape index (κ1) is 21.4. The van der Waals surface area contributed by atoms with E-state index in [2.05, 4.69) is 99.9 Å². The Morgan fingerprint density at radius 3 is 2.57 bits per heavy atom. The van der Waals surface area contributed by atoms with E-state index in [-0.39, 0.29) is 0 Å². The minimum atomic E-state index is 0.835. The van der Waals surface area contributed by atoms with E-state index in [1.807, 2.05) is 12.3 Å². The predicted octanol–water partition coefficient (Wildman–Crippen LogP) is 6.30. The molecule has 3 aromatic carbocycles. The van der Waals surface area contributed by atoms with Gasteiger partial charge in [0.15, 0.2) is 0 Å². The summed E-state index contributed by atoms with van der Waals surface area (Å²) in [4.78, 5) is 16.4. The number of anilines is 2. The van der Waals surface area contributed by atoms with Crippen LogP contribution < -0.4 is 5.32 Å². The first-order chi connectivity index (χ1) is 17.2. The van der Waals surface area contributed by atoms with Gasteiger partial charge >= 0.3 is 0 Å². The second-order valence-corrected chi connectivity index (χ2v) is 9.17. The van der Waals surface area contributed by atoms with Crippen molar-refractivity contribution in [2.75, 3.05) is 11.9 Å². The van der Waals surface area contributed by atoms with E-state index in [0.717, 1.165) is 59.9 Å². The maximum Gasteiger partial charge on any atom is 0.137 e. The molecule has 3 heterocycles. The summed E-state index contributed by atoms with van der Waals surface area (Å²) in [5.41, 5.74) is 7.95. The average Bonchev–Trinajstić information content (AvgIpc) is 2.90. The highest BCUT2D eigenvalue weighted by atomic mass is 15.1. The molecule has 1 N–H and O–H groups in total. The topological polar surface area (TPSA) is 53.9 Å². The lowest BCUT2D eigenvalue weighted by Crippen LogP contribution is -2.31. The number of benzene rings is 3. The minimum Gasteiger partial charge on any atom is -0.340 e. The Labute approximate surface area is 205 Å². The highest BCUT2D eigenvalue weighted by Crippen LogP contribution is 2.31. The maximum absolute atomic E-state index is 4.74. The molecular formula is C30H27N5. The van der Waals surface area contributed by atoms with Crippen LogP contribution in [0, 0.1) is 6.92 Å². The molecule has 1 aliphatic heterocycles. The van der Waals surface area contributed by atoms with E-state index in [9.17, 15) is 0 Å². The fourth-order valence-corrected chi connectivity index (χ4v) is 4.84. The Kier molecular flexibility index (Phi) is 5.68. The molecule has 1 aliphatic rings. The third-order valence-corrected chi connectivity index (χ3v) is 6.74. The summed E-state index contributed by atoms with van der Waals surface area (Å²) in [6, 6.07) is 27.5. The van der Waals surface area contributed by atoms with Crippen LogP contribution in [0.4, 0.5) is 11.5 Å². The zero-order valence-corrected chi connectivity index (χ0v) is 19.8. The van der Waals surface area contributed by atoms with Gasteiger partial charge in [-0.2, -0.15) is 0 Å². The molecule has 0 amide bonds. The van der Waals surface area contributed by atoms with Crippen molar-refractivity contribution < 1.29 is 0 Å². The summed E-state index contributed by atoms with van der Waals surface area (Å²) in [5.74, 6) is 0.899. The number of pyridine rings is 1. The van der Waals surface area contributed by atoms with Gasteiger partial charge in [-0.15, -0.1) is 0 Å². The van der Waals surface area contributed by atoms with Crippen molar-refractivity contribution >= 4 is 22.3 Å². The molecule has 0 atom stereocenters. The molecule has 0 saturated heterocycles. The first-order valence-electron chi connectivity index (χ1n) is 12.0. The highest BCUT2D eigenvalue weighted by Gasteiger charge is 2.21. The van der Waals surface area contributed by atoms with Crippen LogP contribution in [-0.2, 0) is 19.5 Å². The summed E-state index contributed by atoms with van der Waals surface area (Å²) in [6.07, 6.45) is 4.55. The van der Waals surface area contributed by atoms with Gasteiger partial charge in [0.1, 0.15) is 12.1 Å². The lowest BCUT2D eigenvalue weighted by Gasteiger charge is -2.29. The van der Waals surface area contributed by atoms with Crippen LogP contribution in [0.3, 0.4) is 0 Å². The van der Waals surface area contributed by atoms with Crippen LogP contribution >= 0.6 is 0 Å². The summed E-state index contributed by atoms with van der Waals surface area (Å²) in [5, 5.41) is 5.92. The van der Waals surface area contributed by atoms with Gasteiger partial charge in [-0.05, 0) is 48.1 Å². The molecule has 5 heteroatoms. The molecule has 0 aliphatic carbocycles. The van der Waals surface area contributed by atoms with Crippen molar-refractivity contribution in [2.45, 2.75) is 26.4 Å². The number of hydrogen-bond donors (Lipinski definition) is 1. The van der Waals surface area contributed by atoms with Gasteiger partial charge in [0.05, 0.1) is 11.4 Å². The predicted molar refractivity (Wildman–Crippen MR) is 141 cm³/mol. The Balaban J connectivity index is 1.25. The number of nitrogens with zero attached hydrogens (tertiary/aromatic N) is 4. The highest BCUT2D eigenvalue weighted by molar-refractivity contribution is 5.86. The Bertz CT molecular complexity index is 1500. The third-order valence-electron chi connectivity index (χ3n) is 6.74. The zero-order chi connectivity index (χ0) is 23.6. The molecule has 5 aromatic rings. The van der Waals surface area contributed by atoms with Gasteiger partial charge in [0, 0.05) is 48.0 Å². The van der Waals surface area contributed by atoms with Gasteiger partial charge in [-0.3, -0.25) is 9.88 Å². The molecule has 5 nitrogen and oxygen atoms in total. The van der Waals surface area contributed by atoms with Gasteiger partial charge in [-0.25, -0.2) is 9.97 Å². The average molecular weight is 458 g/mol. The molecule has 35 heavy (non-hydrogen) atoms. The molecule has 0 fully saturated rings. The number of aryl methyl sites for hydroxylation is 1. The molecule has 0 radical (unpaired) electrons. The lowest BCUT2D eigenvalue weighted by atomic mass is 10.0. The van der Waals surface area contributed by atoms with E-state index < -0.39 is 0 Å². The molecule has 2 aromatic heterocycles. The van der Waals surface area contributed by atoms with Crippen LogP contribution in [0.5, 0.6) is 0 Å². The van der Waals surface area contributed by atoms with Crippen LogP contribution in [-0.4, -0.2) is 26.4 Å². The van der Waals surface area contributed by atoms with Crippen molar-refractivity contribution in [1.82, 2.24) is 19.9 Å². The number of fused-ring (bicyclic) bond motifs is 2. The monoisotopic (exact) mass is 457 g/mol. The standard InChI is InChI=1S/C30H27N5/c1-21-11-12-25(16-27(21)28-15-23-9-5-6-10-24(23)17-31-28)34-30-26-13-14-35(19-29(26)32-20-33-30)18-22-7-3-2-4-8-22/h2-12,15-17,20H,13-14,18-19H2,1H3,(H,32,33,34). The molecular weight excluding hydrogens is 430 g/mol. The summed E-state index contributed by atoms with van der Waals surface area (Å²) < 4.78 is 0. The minimum absolute atomic E-state index is 0.835. The second kappa shape index (κ2) is 9.28. The Morgan fingerprint density at radius 1 is 0.857 bits per heavy atom. The molecule has 0 spiro atoms. The third kappa shape index (κ3) is 4.51. The van der Waals surface area contributed by atoms with E-state index in [1.54, 1.807) is 6.33 Å². The van der Waals surface area contributed by atoms with E-state index in [0.29, 0.717) is 0 Å². The number of nitrogens with one attached hydrogen (secondary N) is 1. The van der Waals surface area contributed by atoms with E-state index in [4.69, 9.17) is 4.98 Å². The fraction of sp³-hybridized carbons (Fsp3) is 0.167. The van der Waals surface area contributed by atoms with E-state index >= 15 is 0 Å². The SMILES string of the molecule is Cc1ccc(Nc2ncnc3c2CCN(Cc2ccccc2)C3)cc1-c1cc2ccccc2cn1. The smallest absolute Gasteiger partial charge is 0.137 e. The molecule has 0 saturated carbocycles. The summed E-state index contributed by atoms with van der Waals surface area (Å²) in [6.45, 7) is 4.89. The van der Waals surface area contributed by atoms with Gasteiger partial charge < -0.3 is 5.32 Å². The first-order valence-corrected chi connectivity index (χ1v) is 12.0. The van der Waals surface area contributed by atoms with Crippen molar-refractivity contribution in [2.24, 2.45) is 0 Å². The Hall–Kier alpha value is -4.09. The van der Waals surface area contributed by atoms with Gasteiger partial charge in [0.25, 0.3) is 0 Å². The summed E-state index contributed by atoms with van der Waals surface area (Å²) >= 11 is 0. The molecule has 0 bridgehead atoms. The second-order valence-electron chi connectivity index (χ2n) is 9.17. The number of aromatic nitrogens is 3. The normalized spacial score (nSPS) is 13.5.